The molecule has 0 aliphatic carbocycles. The molecule has 106 valence electrons. The lowest BCUT2D eigenvalue weighted by Crippen LogP contribution is -2.09. The Hall–Kier alpha value is -1.72. The molecule has 2 N–H and O–H groups in total. The lowest BCUT2D eigenvalue weighted by Gasteiger charge is -2.08. The van der Waals surface area contributed by atoms with E-state index in [-0.39, 0.29) is 5.82 Å². The van der Waals surface area contributed by atoms with E-state index in [1.54, 1.807) is 6.07 Å². The van der Waals surface area contributed by atoms with Gasteiger partial charge in [0.2, 0.25) is 0 Å². The van der Waals surface area contributed by atoms with Gasteiger partial charge in [-0.1, -0.05) is 46.3 Å². The summed E-state index contributed by atoms with van der Waals surface area (Å²) in [5, 5.41) is 0.988. The molecule has 0 spiro atoms. The molecule has 0 aliphatic rings. The number of thiocarbonyl (C=S) groups is 1. The van der Waals surface area contributed by atoms with Crippen molar-refractivity contribution >= 4 is 44.0 Å². The molecular weight excluding hydrogens is 351 g/mol. The van der Waals surface area contributed by atoms with Crippen LogP contribution in [0.4, 0.5) is 4.39 Å². The van der Waals surface area contributed by atoms with Crippen molar-refractivity contribution in [2.75, 3.05) is 0 Å². The van der Waals surface area contributed by atoms with Gasteiger partial charge in [-0.15, -0.1) is 0 Å². The Balaban J connectivity index is 2.06. The lowest BCUT2D eigenvalue weighted by atomic mass is 10.1. The minimum absolute atomic E-state index is 0.225. The lowest BCUT2D eigenvalue weighted by molar-refractivity contribution is 0.601. The van der Waals surface area contributed by atoms with Crippen LogP contribution in [0.5, 0.6) is 0 Å². The van der Waals surface area contributed by atoms with E-state index in [1.807, 2.05) is 41.1 Å². The third-order valence-corrected chi connectivity index (χ3v) is 4.15. The number of nitrogens with zero attached hydrogens (tertiary/aromatic N) is 1. The Labute approximate surface area is 135 Å². The fourth-order valence-corrected chi connectivity index (χ4v) is 2.92. The first-order chi connectivity index (χ1) is 10.1. The van der Waals surface area contributed by atoms with Gasteiger partial charge in [0, 0.05) is 32.7 Å². The fraction of sp³-hybridized carbons (Fsp3) is 0.0625. The van der Waals surface area contributed by atoms with Gasteiger partial charge in [-0.05, 0) is 24.3 Å². The average molecular weight is 363 g/mol. The summed E-state index contributed by atoms with van der Waals surface area (Å²) >= 11 is 8.33. The summed E-state index contributed by atoms with van der Waals surface area (Å²) in [6.07, 6.45) is 1.92. The number of fused-ring (bicyclic) bond motifs is 1. The summed E-state index contributed by atoms with van der Waals surface area (Å²) in [7, 11) is 0. The van der Waals surface area contributed by atoms with Gasteiger partial charge >= 0.3 is 0 Å². The molecule has 0 atom stereocenters. The predicted molar refractivity (Wildman–Crippen MR) is 91.0 cm³/mol. The highest BCUT2D eigenvalue weighted by Crippen LogP contribution is 2.23. The Bertz CT molecular complexity index is 841. The van der Waals surface area contributed by atoms with E-state index < -0.39 is 0 Å². The van der Waals surface area contributed by atoms with E-state index in [1.165, 1.54) is 6.07 Å². The minimum Gasteiger partial charge on any atom is -0.389 e. The summed E-state index contributed by atoms with van der Waals surface area (Å²) < 4.78 is 16.7. The molecule has 0 unspecified atom stereocenters. The second-order valence-electron chi connectivity index (χ2n) is 4.78. The number of hydrogen-bond donors (Lipinski definition) is 1. The van der Waals surface area contributed by atoms with Gasteiger partial charge < -0.3 is 10.3 Å². The van der Waals surface area contributed by atoms with Crippen molar-refractivity contribution < 1.29 is 4.39 Å². The van der Waals surface area contributed by atoms with Crippen molar-refractivity contribution in [3.63, 3.8) is 0 Å². The van der Waals surface area contributed by atoms with E-state index in [0.29, 0.717) is 17.1 Å². The second-order valence-corrected chi connectivity index (χ2v) is 6.14. The molecule has 0 saturated carbocycles. The molecule has 0 fully saturated rings. The van der Waals surface area contributed by atoms with Crippen LogP contribution in [-0.4, -0.2) is 9.56 Å². The van der Waals surface area contributed by atoms with Crippen molar-refractivity contribution in [2.45, 2.75) is 6.54 Å². The maximum Gasteiger partial charge on any atom is 0.129 e. The van der Waals surface area contributed by atoms with Gasteiger partial charge in [0.1, 0.15) is 10.8 Å². The molecule has 2 nitrogen and oxygen atoms in total. The zero-order valence-corrected chi connectivity index (χ0v) is 13.4. The SMILES string of the molecule is NC(=S)c1cccc2c1ccn2Cc1ccc(Br)cc1F. The van der Waals surface area contributed by atoms with Crippen molar-refractivity contribution in [3.05, 3.63) is 70.1 Å². The molecule has 0 aliphatic heterocycles. The number of nitrogens with two attached hydrogens (primary N) is 1. The molecule has 1 heterocycles. The highest BCUT2D eigenvalue weighted by Gasteiger charge is 2.09. The van der Waals surface area contributed by atoms with Gasteiger partial charge in [-0.25, -0.2) is 4.39 Å². The zero-order valence-electron chi connectivity index (χ0n) is 11.0. The predicted octanol–water partition coefficient (Wildman–Crippen LogP) is 4.23. The molecule has 0 bridgehead atoms. The molecule has 3 rings (SSSR count). The number of hydrogen-bond acceptors (Lipinski definition) is 1. The van der Waals surface area contributed by atoms with Gasteiger partial charge in [0.05, 0.1) is 6.54 Å². The zero-order chi connectivity index (χ0) is 15.0. The molecule has 0 amide bonds. The molecule has 5 heteroatoms. The summed E-state index contributed by atoms with van der Waals surface area (Å²) in [4.78, 5) is 0.369. The first kappa shape index (κ1) is 14.2. The number of aromatic nitrogens is 1. The quantitative estimate of drug-likeness (QED) is 0.707. The summed E-state index contributed by atoms with van der Waals surface area (Å²) in [5.41, 5.74) is 8.21. The van der Waals surface area contributed by atoms with Gasteiger partial charge in [-0.2, -0.15) is 0 Å². The first-order valence-electron chi connectivity index (χ1n) is 6.38. The highest BCUT2D eigenvalue weighted by atomic mass is 79.9. The monoisotopic (exact) mass is 362 g/mol. The molecule has 0 saturated heterocycles. The van der Waals surface area contributed by atoms with Crippen LogP contribution >= 0.6 is 28.1 Å². The van der Waals surface area contributed by atoms with Crippen LogP contribution in [0.2, 0.25) is 0 Å². The van der Waals surface area contributed by atoms with Crippen LogP contribution in [0.15, 0.2) is 53.1 Å². The van der Waals surface area contributed by atoms with Gasteiger partial charge in [0.25, 0.3) is 0 Å². The number of halogens is 2. The third kappa shape index (κ3) is 2.71. The fourth-order valence-electron chi connectivity index (χ4n) is 2.41. The van der Waals surface area contributed by atoms with E-state index in [4.69, 9.17) is 18.0 Å². The molecular formula is C16H12BrFN2S. The van der Waals surface area contributed by atoms with Crippen LogP contribution in [0.25, 0.3) is 10.9 Å². The summed E-state index contributed by atoms with van der Waals surface area (Å²) in [6, 6.07) is 12.8. The van der Waals surface area contributed by atoms with E-state index in [0.717, 1.165) is 20.9 Å². The standard InChI is InChI=1S/C16H12BrFN2S/c17-11-5-4-10(14(18)8-11)9-20-7-6-12-13(16(19)21)2-1-3-15(12)20/h1-8H,9H2,(H2,19,21). The van der Waals surface area contributed by atoms with Gasteiger partial charge in [0.15, 0.2) is 0 Å². The molecule has 2 aromatic carbocycles. The maximum atomic E-state index is 14.0. The van der Waals surface area contributed by atoms with Crippen LogP contribution in [-0.2, 0) is 6.54 Å². The van der Waals surface area contributed by atoms with Crippen LogP contribution in [0.3, 0.4) is 0 Å². The maximum absolute atomic E-state index is 14.0. The average Bonchev–Trinajstić information content (AvgIpc) is 2.85. The van der Waals surface area contributed by atoms with Crippen molar-refractivity contribution in [1.82, 2.24) is 4.57 Å². The first-order valence-corrected chi connectivity index (χ1v) is 7.58. The summed E-state index contributed by atoms with van der Waals surface area (Å²) in [5.74, 6) is -0.225. The third-order valence-electron chi connectivity index (χ3n) is 3.43. The normalized spacial score (nSPS) is 11.0. The van der Waals surface area contributed by atoms with Crippen molar-refractivity contribution in [2.24, 2.45) is 5.73 Å². The largest absolute Gasteiger partial charge is 0.389 e. The summed E-state index contributed by atoms with van der Waals surface area (Å²) in [6.45, 7) is 0.462. The van der Waals surface area contributed by atoms with Crippen LogP contribution in [0, 0.1) is 5.82 Å². The minimum atomic E-state index is -0.225. The van der Waals surface area contributed by atoms with E-state index in [2.05, 4.69) is 15.9 Å². The highest BCUT2D eigenvalue weighted by molar-refractivity contribution is 9.10. The molecule has 0 radical (unpaired) electrons. The van der Waals surface area contributed by atoms with Gasteiger partial charge in [-0.3, -0.25) is 0 Å². The van der Waals surface area contributed by atoms with E-state index in [9.17, 15) is 4.39 Å². The Morgan fingerprint density at radius 3 is 2.76 bits per heavy atom. The van der Waals surface area contributed by atoms with Crippen LogP contribution < -0.4 is 5.73 Å². The van der Waals surface area contributed by atoms with Crippen LogP contribution in [0.1, 0.15) is 11.1 Å². The smallest absolute Gasteiger partial charge is 0.129 e. The molecule has 3 aromatic rings. The second kappa shape index (κ2) is 5.58. The Morgan fingerprint density at radius 2 is 2.05 bits per heavy atom. The molecule has 1 aromatic heterocycles. The molecule has 21 heavy (non-hydrogen) atoms. The topological polar surface area (TPSA) is 30.9 Å². The number of benzene rings is 2. The number of rotatable bonds is 3. The Kier molecular flexibility index (Phi) is 3.78. The van der Waals surface area contributed by atoms with Crippen molar-refractivity contribution in [3.8, 4) is 0 Å². The Morgan fingerprint density at radius 1 is 1.24 bits per heavy atom. The van der Waals surface area contributed by atoms with E-state index >= 15 is 0 Å². The van der Waals surface area contributed by atoms with Crippen molar-refractivity contribution in [1.29, 1.82) is 0 Å².